The van der Waals surface area contributed by atoms with E-state index >= 15 is 0 Å². The van der Waals surface area contributed by atoms with Gasteiger partial charge < -0.3 is 5.32 Å². The highest BCUT2D eigenvalue weighted by Crippen LogP contribution is 2.39. The lowest BCUT2D eigenvalue weighted by Gasteiger charge is -2.50. The summed E-state index contributed by atoms with van der Waals surface area (Å²) >= 11 is 2.01. The van der Waals surface area contributed by atoms with Gasteiger partial charge in [-0.25, -0.2) is 0 Å². The second-order valence-electron chi connectivity index (χ2n) is 7.26. The summed E-state index contributed by atoms with van der Waals surface area (Å²) in [6.45, 7) is 3.90. The Labute approximate surface area is 129 Å². The van der Waals surface area contributed by atoms with Gasteiger partial charge in [-0.3, -0.25) is 4.90 Å². The second-order valence-corrected chi connectivity index (χ2v) is 8.24. The van der Waals surface area contributed by atoms with E-state index in [2.05, 4.69) is 16.5 Å². The third-order valence-electron chi connectivity index (χ3n) is 6.10. The Morgan fingerprint density at radius 1 is 1.10 bits per heavy atom. The summed E-state index contributed by atoms with van der Waals surface area (Å²) in [4.78, 5) is 2.90. The van der Waals surface area contributed by atoms with Crippen molar-refractivity contribution < 1.29 is 0 Å². The Bertz CT molecular complexity index is 295. The molecule has 116 valence electrons. The molecule has 3 aliphatic rings. The molecular weight excluding hydrogens is 264 g/mol. The first kappa shape index (κ1) is 15.2. The minimum atomic E-state index is 0.529. The summed E-state index contributed by atoms with van der Waals surface area (Å²) in [5.74, 6) is 2.26. The molecule has 0 aromatic carbocycles. The van der Waals surface area contributed by atoms with Gasteiger partial charge in [0.15, 0.2) is 0 Å². The van der Waals surface area contributed by atoms with Gasteiger partial charge in [-0.1, -0.05) is 32.1 Å². The molecule has 2 aliphatic carbocycles. The van der Waals surface area contributed by atoms with Crippen LogP contribution < -0.4 is 5.32 Å². The first-order chi connectivity index (χ1) is 9.84. The van der Waals surface area contributed by atoms with Crippen LogP contribution in [0.15, 0.2) is 0 Å². The van der Waals surface area contributed by atoms with Crippen LogP contribution in [0.3, 0.4) is 0 Å². The SMILES string of the molecule is CSCCN1CC(C2CCCCC2)NCC12CCCC2. The van der Waals surface area contributed by atoms with Crippen molar-refractivity contribution in [1.29, 1.82) is 0 Å². The van der Waals surface area contributed by atoms with Crippen LogP contribution in [0, 0.1) is 5.92 Å². The van der Waals surface area contributed by atoms with Crippen LogP contribution in [0.25, 0.3) is 0 Å². The summed E-state index contributed by atoms with van der Waals surface area (Å²) in [5, 5.41) is 3.98. The Morgan fingerprint density at radius 2 is 1.85 bits per heavy atom. The maximum Gasteiger partial charge on any atom is 0.0335 e. The minimum absolute atomic E-state index is 0.529. The molecule has 0 bridgehead atoms. The lowest BCUT2D eigenvalue weighted by atomic mass is 9.80. The van der Waals surface area contributed by atoms with E-state index < -0.39 is 0 Å². The molecule has 1 aliphatic heterocycles. The average molecular weight is 297 g/mol. The zero-order valence-electron chi connectivity index (χ0n) is 13.2. The van der Waals surface area contributed by atoms with E-state index in [1.807, 2.05) is 11.8 Å². The van der Waals surface area contributed by atoms with Crippen molar-refractivity contribution >= 4 is 11.8 Å². The maximum absolute atomic E-state index is 3.98. The van der Waals surface area contributed by atoms with Gasteiger partial charge in [0.1, 0.15) is 0 Å². The monoisotopic (exact) mass is 296 g/mol. The van der Waals surface area contributed by atoms with Crippen molar-refractivity contribution in [3.8, 4) is 0 Å². The zero-order valence-corrected chi connectivity index (χ0v) is 14.0. The van der Waals surface area contributed by atoms with Crippen molar-refractivity contribution in [1.82, 2.24) is 10.2 Å². The molecule has 1 unspecified atom stereocenters. The molecule has 1 spiro atoms. The summed E-state index contributed by atoms with van der Waals surface area (Å²) in [6, 6.07) is 0.781. The largest absolute Gasteiger partial charge is 0.311 e. The van der Waals surface area contributed by atoms with Gasteiger partial charge in [-0.2, -0.15) is 11.8 Å². The Morgan fingerprint density at radius 3 is 2.55 bits per heavy atom. The van der Waals surface area contributed by atoms with E-state index in [1.165, 1.54) is 83.2 Å². The van der Waals surface area contributed by atoms with E-state index in [0.29, 0.717) is 5.54 Å². The van der Waals surface area contributed by atoms with E-state index in [1.54, 1.807) is 0 Å². The predicted octanol–water partition coefficient (Wildman–Crippen LogP) is 3.52. The Kier molecular flexibility index (Phi) is 5.33. The molecule has 3 heteroatoms. The third-order valence-corrected chi connectivity index (χ3v) is 6.69. The van der Waals surface area contributed by atoms with Crippen molar-refractivity contribution in [3.05, 3.63) is 0 Å². The van der Waals surface area contributed by atoms with Crippen LogP contribution in [0.2, 0.25) is 0 Å². The standard InChI is InChI=1S/C17H32N2S/c1-20-12-11-19-13-16(15-7-3-2-4-8-15)18-14-17(19)9-5-6-10-17/h15-16,18H,2-14H2,1H3. The molecule has 1 atom stereocenters. The summed E-state index contributed by atoms with van der Waals surface area (Å²) in [5.41, 5.74) is 0.529. The summed E-state index contributed by atoms with van der Waals surface area (Å²) < 4.78 is 0. The van der Waals surface area contributed by atoms with Crippen LogP contribution in [-0.2, 0) is 0 Å². The van der Waals surface area contributed by atoms with Crippen LogP contribution in [0.1, 0.15) is 57.8 Å². The third kappa shape index (κ3) is 3.20. The fraction of sp³-hybridized carbons (Fsp3) is 1.00. The van der Waals surface area contributed by atoms with E-state index in [4.69, 9.17) is 0 Å². The van der Waals surface area contributed by atoms with Crippen LogP contribution >= 0.6 is 11.8 Å². The quantitative estimate of drug-likeness (QED) is 0.854. The molecule has 0 amide bonds. The molecule has 3 rings (SSSR count). The highest BCUT2D eigenvalue weighted by molar-refractivity contribution is 7.98. The molecule has 20 heavy (non-hydrogen) atoms. The first-order valence-electron chi connectivity index (χ1n) is 8.81. The molecule has 1 N–H and O–H groups in total. The fourth-order valence-electron chi connectivity index (χ4n) is 4.84. The molecular formula is C17H32N2S. The van der Waals surface area contributed by atoms with Gasteiger partial charge in [-0.15, -0.1) is 0 Å². The zero-order chi connectivity index (χ0) is 13.8. The van der Waals surface area contributed by atoms with E-state index in [9.17, 15) is 0 Å². The maximum atomic E-state index is 3.98. The molecule has 0 aromatic heterocycles. The number of nitrogens with zero attached hydrogens (tertiary/aromatic N) is 1. The number of hydrogen-bond donors (Lipinski definition) is 1. The Balaban J connectivity index is 1.63. The topological polar surface area (TPSA) is 15.3 Å². The number of piperazine rings is 1. The molecule has 0 aromatic rings. The lowest BCUT2D eigenvalue weighted by Crippen LogP contribution is -2.65. The molecule has 2 saturated carbocycles. The number of thioether (sulfide) groups is 1. The fourth-order valence-corrected chi connectivity index (χ4v) is 5.24. The van der Waals surface area contributed by atoms with Crippen molar-refractivity contribution in [3.63, 3.8) is 0 Å². The van der Waals surface area contributed by atoms with Gasteiger partial charge in [0.2, 0.25) is 0 Å². The van der Waals surface area contributed by atoms with Gasteiger partial charge >= 0.3 is 0 Å². The van der Waals surface area contributed by atoms with E-state index in [-0.39, 0.29) is 0 Å². The number of hydrogen-bond acceptors (Lipinski definition) is 3. The van der Waals surface area contributed by atoms with Crippen molar-refractivity contribution in [2.75, 3.05) is 31.6 Å². The van der Waals surface area contributed by atoms with Gasteiger partial charge in [0.05, 0.1) is 0 Å². The second kappa shape index (κ2) is 7.02. The molecule has 1 saturated heterocycles. The van der Waals surface area contributed by atoms with Crippen molar-refractivity contribution in [2.24, 2.45) is 5.92 Å². The molecule has 3 fully saturated rings. The highest BCUT2D eigenvalue weighted by Gasteiger charge is 2.44. The predicted molar refractivity (Wildman–Crippen MR) is 89.5 cm³/mol. The molecule has 1 heterocycles. The summed E-state index contributed by atoms with van der Waals surface area (Å²) in [7, 11) is 0. The molecule has 2 nitrogen and oxygen atoms in total. The highest BCUT2D eigenvalue weighted by atomic mass is 32.2. The lowest BCUT2D eigenvalue weighted by molar-refractivity contribution is 0.0297. The summed E-state index contributed by atoms with van der Waals surface area (Å²) in [6.07, 6.45) is 15.4. The van der Waals surface area contributed by atoms with Gasteiger partial charge in [0.25, 0.3) is 0 Å². The normalized spacial score (nSPS) is 31.9. The average Bonchev–Trinajstić information content (AvgIpc) is 2.97. The van der Waals surface area contributed by atoms with Crippen LogP contribution in [0.4, 0.5) is 0 Å². The van der Waals surface area contributed by atoms with Gasteiger partial charge in [-0.05, 0) is 37.9 Å². The smallest absolute Gasteiger partial charge is 0.0335 e. The molecule has 0 radical (unpaired) electrons. The van der Waals surface area contributed by atoms with Crippen molar-refractivity contribution in [2.45, 2.75) is 69.4 Å². The van der Waals surface area contributed by atoms with Crippen LogP contribution in [-0.4, -0.2) is 48.1 Å². The first-order valence-corrected chi connectivity index (χ1v) is 10.2. The minimum Gasteiger partial charge on any atom is -0.311 e. The van der Waals surface area contributed by atoms with Gasteiger partial charge in [0, 0.05) is 37.0 Å². The van der Waals surface area contributed by atoms with Crippen LogP contribution in [0.5, 0.6) is 0 Å². The number of nitrogens with one attached hydrogen (secondary N) is 1. The van der Waals surface area contributed by atoms with E-state index in [0.717, 1.165) is 12.0 Å². The number of rotatable bonds is 4. The Hall–Kier alpha value is 0.270.